The number of carboxylic acid groups (broad SMARTS) is 1. The van der Waals surface area contributed by atoms with Crippen LogP contribution < -0.4 is 9.47 Å². The van der Waals surface area contributed by atoms with E-state index >= 15 is 0 Å². The maximum absolute atomic E-state index is 13.5. The normalized spacial score (nSPS) is 15.3. The third-order valence-electron chi connectivity index (χ3n) is 5.64. The number of nitrogens with zero attached hydrogens (tertiary/aromatic N) is 1. The first-order chi connectivity index (χ1) is 15.5. The number of rotatable bonds is 7. The predicted octanol–water partition coefficient (Wildman–Crippen LogP) is 5.73. The molecule has 34 heavy (non-hydrogen) atoms. The number of hydrogen-bond donors (Lipinski definition) is 1. The van der Waals surface area contributed by atoms with E-state index in [-0.39, 0.29) is 53.9 Å². The molecule has 10 heteroatoms. The van der Waals surface area contributed by atoms with Crippen molar-refractivity contribution in [2.45, 2.75) is 58.0 Å². The van der Waals surface area contributed by atoms with Crippen LogP contribution in [0.3, 0.4) is 0 Å². The van der Waals surface area contributed by atoms with E-state index in [1.54, 1.807) is 32.0 Å². The molecule has 2 aromatic carbocycles. The van der Waals surface area contributed by atoms with Crippen molar-refractivity contribution < 1.29 is 32.5 Å². The number of fused-ring (bicyclic) bond motifs is 3. The van der Waals surface area contributed by atoms with E-state index in [0.717, 1.165) is 22.7 Å². The van der Waals surface area contributed by atoms with Crippen LogP contribution in [-0.4, -0.2) is 44.8 Å². The minimum Gasteiger partial charge on any atom is -0.490 e. The summed E-state index contributed by atoms with van der Waals surface area (Å²) in [5.41, 5.74) is 1.20. The van der Waals surface area contributed by atoms with Gasteiger partial charge in [-0.2, -0.15) is 13.2 Å². The summed E-state index contributed by atoms with van der Waals surface area (Å²) in [5, 5.41) is 10.4. The molecule has 0 aliphatic carbocycles. The summed E-state index contributed by atoms with van der Waals surface area (Å²) in [6, 6.07) is 9.19. The molecule has 1 aliphatic heterocycles. The molecule has 0 bridgehead atoms. The van der Waals surface area contributed by atoms with Gasteiger partial charge in [-0.15, -0.1) is 0 Å². The van der Waals surface area contributed by atoms with Crippen molar-refractivity contribution in [1.82, 2.24) is 4.57 Å². The molecule has 0 amide bonds. The minimum absolute atomic E-state index is 0. The number of halogens is 4. The lowest BCUT2D eigenvalue weighted by molar-refractivity contribution is -0.139. The van der Waals surface area contributed by atoms with Crippen molar-refractivity contribution in [1.29, 1.82) is 0 Å². The zero-order valence-corrected chi connectivity index (χ0v) is 18.8. The zero-order valence-electron chi connectivity index (χ0n) is 18.1. The molecule has 0 saturated heterocycles. The van der Waals surface area contributed by atoms with Crippen LogP contribution in [0.15, 0.2) is 36.4 Å². The Hall–Kier alpha value is -2.10. The van der Waals surface area contributed by atoms with Crippen molar-refractivity contribution in [3.63, 3.8) is 0 Å². The summed E-state index contributed by atoms with van der Waals surface area (Å²) in [7, 11) is 0. The van der Waals surface area contributed by atoms with Crippen molar-refractivity contribution in [2.24, 2.45) is 0 Å². The first kappa shape index (κ1) is 26.5. The first-order valence-corrected chi connectivity index (χ1v) is 11.0. The highest BCUT2D eigenvalue weighted by Gasteiger charge is 2.35. The highest BCUT2D eigenvalue weighted by Crippen LogP contribution is 2.44. The van der Waals surface area contributed by atoms with Crippen molar-refractivity contribution in [2.75, 3.05) is 0 Å². The van der Waals surface area contributed by atoms with Gasteiger partial charge >= 0.3 is 35.2 Å². The number of aliphatic carboxylic acids is 1. The van der Waals surface area contributed by atoms with Gasteiger partial charge in [0.1, 0.15) is 18.1 Å². The van der Waals surface area contributed by atoms with E-state index in [2.05, 4.69) is 0 Å². The summed E-state index contributed by atoms with van der Waals surface area (Å²) in [6.07, 6.45) is -4.21. The van der Waals surface area contributed by atoms with Crippen LogP contribution >= 0.6 is 11.6 Å². The Morgan fingerprint density at radius 1 is 1.24 bits per heavy atom. The largest absolute Gasteiger partial charge is 0.490 e. The van der Waals surface area contributed by atoms with E-state index in [1.807, 2.05) is 10.6 Å². The summed E-state index contributed by atoms with van der Waals surface area (Å²) >= 11 is 6.59. The van der Waals surface area contributed by atoms with Gasteiger partial charge in [0.2, 0.25) is 0 Å². The van der Waals surface area contributed by atoms with Gasteiger partial charge in [0.05, 0.1) is 28.6 Å². The molecule has 0 fully saturated rings. The smallest absolute Gasteiger partial charge is 0.419 e. The molecule has 0 saturated carbocycles. The zero-order chi connectivity index (χ0) is 23.9. The number of aromatic nitrogens is 1. The molecule has 1 aliphatic rings. The highest BCUT2D eigenvalue weighted by molar-refractivity contribution is 6.36. The lowest BCUT2D eigenvalue weighted by Crippen LogP contribution is -2.13. The molecule has 2 heterocycles. The monoisotopic (exact) mass is 507 g/mol. The van der Waals surface area contributed by atoms with E-state index in [4.69, 9.17) is 26.2 Å². The van der Waals surface area contributed by atoms with Crippen LogP contribution in [0.25, 0.3) is 10.9 Å². The second-order valence-corrected chi connectivity index (χ2v) is 8.77. The maximum atomic E-state index is 13.5. The van der Waals surface area contributed by atoms with E-state index < -0.39 is 17.7 Å². The standard InChI is InChI=1S/C24H23ClF3NO4.Mg.2H/c1-13(2)33-20-6-3-14(9-18(20)24(26,27)28)12-32-16-4-5-19-17(11-16)22(25)23-15(10-21(30)31)7-8-29(19)23;;;/h3-6,9,11,13,15H,7-8,10,12H2,1-2H3,(H,30,31);;;. The molecular formula is C24H25ClF3MgNO4. The summed E-state index contributed by atoms with van der Waals surface area (Å²) in [6.45, 7) is 3.95. The summed E-state index contributed by atoms with van der Waals surface area (Å²) in [4.78, 5) is 11.2. The summed E-state index contributed by atoms with van der Waals surface area (Å²) < 4.78 is 53.5. The molecule has 1 unspecified atom stereocenters. The van der Waals surface area contributed by atoms with Crippen LogP contribution in [0, 0.1) is 0 Å². The average molecular weight is 508 g/mol. The van der Waals surface area contributed by atoms with Crippen LogP contribution in [0.2, 0.25) is 5.02 Å². The Morgan fingerprint density at radius 3 is 2.62 bits per heavy atom. The Kier molecular flexibility index (Phi) is 7.99. The number of ether oxygens (including phenoxy) is 2. The van der Waals surface area contributed by atoms with Crippen LogP contribution in [0.1, 0.15) is 49.4 Å². The highest BCUT2D eigenvalue weighted by atomic mass is 35.5. The molecular weight excluding hydrogens is 483 g/mol. The Bertz CT molecular complexity index is 1210. The third kappa shape index (κ3) is 5.42. The van der Waals surface area contributed by atoms with Gasteiger partial charge < -0.3 is 19.1 Å². The lowest BCUT2D eigenvalue weighted by atomic mass is 10.0. The van der Waals surface area contributed by atoms with Crippen molar-refractivity contribution >= 4 is 51.5 Å². The van der Waals surface area contributed by atoms with Crippen LogP contribution in [-0.2, 0) is 24.1 Å². The second-order valence-electron chi connectivity index (χ2n) is 8.40. The molecule has 1 N–H and O–H groups in total. The molecule has 5 nitrogen and oxygen atoms in total. The quantitative estimate of drug-likeness (QED) is 0.415. The fourth-order valence-electron chi connectivity index (χ4n) is 4.29. The molecule has 1 aromatic heterocycles. The van der Waals surface area contributed by atoms with Gasteiger partial charge in [-0.3, -0.25) is 4.79 Å². The lowest BCUT2D eigenvalue weighted by Gasteiger charge is -2.17. The van der Waals surface area contributed by atoms with Crippen molar-refractivity contribution in [3.8, 4) is 11.5 Å². The Labute approximate surface area is 215 Å². The number of hydrogen-bond acceptors (Lipinski definition) is 3. The van der Waals surface area contributed by atoms with Gasteiger partial charge in [-0.25, -0.2) is 0 Å². The van der Waals surface area contributed by atoms with Crippen LogP contribution in [0.4, 0.5) is 13.2 Å². The fourth-order valence-corrected chi connectivity index (χ4v) is 4.69. The minimum atomic E-state index is -4.55. The maximum Gasteiger partial charge on any atom is 0.419 e. The van der Waals surface area contributed by atoms with Gasteiger partial charge in [0, 0.05) is 23.5 Å². The molecule has 180 valence electrons. The second kappa shape index (κ2) is 10.3. The topological polar surface area (TPSA) is 60.7 Å². The van der Waals surface area contributed by atoms with Gasteiger partial charge in [-0.1, -0.05) is 17.7 Å². The van der Waals surface area contributed by atoms with E-state index in [1.165, 1.54) is 6.07 Å². The van der Waals surface area contributed by atoms with Crippen molar-refractivity contribution in [3.05, 3.63) is 58.2 Å². The SMILES string of the molecule is CC(C)Oc1ccc(COc2ccc3c(c2)c(Cl)c2n3CCC2CC(=O)O)cc1C(F)(F)F.[MgH2]. The fraction of sp³-hybridized carbons (Fsp3) is 0.375. The van der Waals surface area contributed by atoms with Gasteiger partial charge in [0.25, 0.3) is 0 Å². The Balaban J connectivity index is 0.00000324. The van der Waals surface area contributed by atoms with E-state index in [0.29, 0.717) is 29.3 Å². The number of alkyl halides is 3. The third-order valence-corrected chi connectivity index (χ3v) is 6.03. The number of benzene rings is 2. The summed E-state index contributed by atoms with van der Waals surface area (Å²) in [5.74, 6) is -0.783. The first-order valence-electron chi connectivity index (χ1n) is 10.6. The molecule has 3 aromatic rings. The van der Waals surface area contributed by atoms with Crippen LogP contribution in [0.5, 0.6) is 11.5 Å². The average Bonchev–Trinajstić information content (AvgIpc) is 3.25. The predicted molar refractivity (Wildman–Crippen MR) is 127 cm³/mol. The van der Waals surface area contributed by atoms with Gasteiger partial charge in [-0.05, 0) is 56.2 Å². The van der Waals surface area contributed by atoms with Gasteiger partial charge in [0.15, 0.2) is 0 Å². The molecule has 4 rings (SSSR count). The van der Waals surface area contributed by atoms with E-state index in [9.17, 15) is 18.0 Å². The number of carboxylic acids is 1. The number of carbonyl (C=O) groups is 1. The molecule has 1 atom stereocenters. The molecule has 0 spiro atoms. The molecule has 0 radical (unpaired) electrons. The Morgan fingerprint density at radius 2 is 1.97 bits per heavy atom. The number of aryl methyl sites for hydroxylation is 1.